The van der Waals surface area contributed by atoms with Crippen molar-refractivity contribution >= 4 is 11.8 Å². The molecule has 2 amide bonds. The molecule has 25 heavy (non-hydrogen) atoms. The fourth-order valence-electron chi connectivity index (χ4n) is 3.76. The van der Waals surface area contributed by atoms with E-state index in [1.807, 2.05) is 4.90 Å². The smallest absolute Gasteiger partial charge is 0.259 e. The molecule has 0 N–H and O–H groups in total. The molecular weight excluding hydrogens is 320 g/mol. The number of aromatic nitrogens is 1. The molecule has 3 fully saturated rings. The van der Waals surface area contributed by atoms with Gasteiger partial charge in [0.2, 0.25) is 11.8 Å². The number of hydrogen-bond acceptors (Lipinski definition) is 5. The molecule has 0 aliphatic carbocycles. The summed E-state index contributed by atoms with van der Waals surface area (Å²) in [7, 11) is 5.08. The number of amides is 2. The summed E-state index contributed by atoms with van der Waals surface area (Å²) in [5, 5.41) is 0. The second kappa shape index (κ2) is 7.39. The van der Waals surface area contributed by atoms with Crippen molar-refractivity contribution in [2.24, 2.45) is 5.92 Å². The number of pyridine rings is 1. The molecule has 4 rings (SSSR count). The predicted molar refractivity (Wildman–Crippen MR) is 93.5 cm³/mol. The van der Waals surface area contributed by atoms with Crippen molar-refractivity contribution in [1.29, 1.82) is 0 Å². The van der Waals surface area contributed by atoms with Crippen LogP contribution >= 0.6 is 0 Å². The van der Waals surface area contributed by atoms with Gasteiger partial charge in [-0.15, -0.1) is 0 Å². The third kappa shape index (κ3) is 3.76. The second-order valence-electron chi connectivity index (χ2n) is 7.10. The minimum atomic E-state index is -0.0274. The first-order valence-electron chi connectivity index (χ1n) is 8.72. The van der Waals surface area contributed by atoms with Crippen LogP contribution in [0.25, 0.3) is 0 Å². The first-order chi connectivity index (χ1) is 12.0. The highest BCUT2D eigenvalue weighted by Gasteiger charge is 2.38. The van der Waals surface area contributed by atoms with Gasteiger partial charge in [-0.05, 0) is 30.9 Å². The number of fused-ring (bicyclic) bond motifs is 4. The third-order valence-electron chi connectivity index (χ3n) is 5.10. The van der Waals surface area contributed by atoms with Gasteiger partial charge in [-0.25, -0.2) is 4.98 Å². The van der Waals surface area contributed by atoms with Crippen molar-refractivity contribution in [1.82, 2.24) is 19.7 Å². The maximum Gasteiger partial charge on any atom is 0.259 e. The quantitative estimate of drug-likeness (QED) is 0.804. The Labute approximate surface area is 148 Å². The van der Waals surface area contributed by atoms with Crippen LogP contribution in [0.15, 0.2) is 18.3 Å². The molecule has 0 radical (unpaired) electrons. The van der Waals surface area contributed by atoms with Gasteiger partial charge in [0.15, 0.2) is 0 Å². The molecule has 1 aromatic rings. The highest BCUT2D eigenvalue weighted by atomic mass is 16.5. The standard InChI is InChI=1S/C18H26N4O3/c1-20(2)16(23)12-21-9-13-6-7-14(11-21)22(10-13)18(24)15-5-4-8-19-17(15)25-3/h4-5,8,13-14H,6-7,9-12H2,1-3H3/t13-,14+/m0/s1. The zero-order valence-electron chi connectivity index (χ0n) is 15.1. The monoisotopic (exact) mass is 346 g/mol. The Bertz CT molecular complexity index is 649. The highest BCUT2D eigenvalue weighted by molar-refractivity contribution is 5.96. The summed E-state index contributed by atoms with van der Waals surface area (Å²) in [5.74, 6) is 0.848. The van der Waals surface area contributed by atoms with E-state index in [1.165, 1.54) is 7.11 Å². The van der Waals surface area contributed by atoms with Crippen LogP contribution in [-0.2, 0) is 4.79 Å². The third-order valence-corrected chi connectivity index (χ3v) is 5.10. The average Bonchev–Trinajstić information content (AvgIpc) is 2.91. The van der Waals surface area contributed by atoms with E-state index in [9.17, 15) is 9.59 Å². The van der Waals surface area contributed by atoms with Crippen LogP contribution in [-0.4, -0.2) is 84.9 Å². The largest absolute Gasteiger partial charge is 0.480 e. The number of piperidine rings is 1. The molecule has 136 valence electrons. The van der Waals surface area contributed by atoms with Crippen LogP contribution in [0.3, 0.4) is 0 Å². The topological polar surface area (TPSA) is 66.0 Å². The summed E-state index contributed by atoms with van der Waals surface area (Å²) in [6.45, 7) is 2.75. The normalized spacial score (nSPS) is 23.2. The molecule has 4 heterocycles. The molecule has 2 bridgehead atoms. The van der Waals surface area contributed by atoms with E-state index in [2.05, 4.69) is 9.88 Å². The van der Waals surface area contributed by atoms with Crippen molar-refractivity contribution in [2.75, 3.05) is 47.4 Å². The van der Waals surface area contributed by atoms with Gasteiger partial charge in [-0.3, -0.25) is 14.5 Å². The summed E-state index contributed by atoms with van der Waals surface area (Å²) < 4.78 is 5.25. The average molecular weight is 346 g/mol. The Balaban J connectivity index is 1.76. The fraction of sp³-hybridized carbons (Fsp3) is 0.611. The van der Waals surface area contributed by atoms with Gasteiger partial charge in [0.25, 0.3) is 5.91 Å². The number of hydrogen-bond donors (Lipinski definition) is 0. The van der Waals surface area contributed by atoms with Gasteiger partial charge in [0.1, 0.15) is 5.56 Å². The molecular formula is C18H26N4O3. The van der Waals surface area contributed by atoms with Gasteiger partial charge in [-0.1, -0.05) is 0 Å². The minimum Gasteiger partial charge on any atom is -0.480 e. The van der Waals surface area contributed by atoms with Gasteiger partial charge >= 0.3 is 0 Å². The molecule has 0 spiro atoms. The maximum atomic E-state index is 13.1. The summed E-state index contributed by atoms with van der Waals surface area (Å²) in [5.41, 5.74) is 0.508. The minimum absolute atomic E-state index is 0.0274. The summed E-state index contributed by atoms with van der Waals surface area (Å²) >= 11 is 0. The van der Waals surface area contributed by atoms with Crippen molar-refractivity contribution in [2.45, 2.75) is 18.9 Å². The van der Waals surface area contributed by atoms with Gasteiger partial charge in [-0.2, -0.15) is 0 Å². The van der Waals surface area contributed by atoms with E-state index in [4.69, 9.17) is 4.74 Å². The SMILES string of the molecule is COc1ncccc1C(=O)N1C[C@H]2CC[C@@H]1CN(CC(=O)N(C)C)C2. The summed E-state index contributed by atoms with van der Waals surface area (Å²) in [4.78, 5) is 35.0. The molecule has 0 aromatic carbocycles. The summed E-state index contributed by atoms with van der Waals surface area (Å²) in [6, 6.07) is 3.65. The Morgan fingerprint density at radius 3 is 2.80 bits per heavy atom. The van der Waals surface area contributed by atoms with E-state index < -0.39 is 0 Å². The lowest BCUT2D eigenvalue weighted by Crippen LogP contribution is -2.48. The predicted octanol–water partition coefficient (Wildman–Crippen LogP) is 0.715. The first kappa shape index (κ1) is 17.7. The molecule has 2 atom stereocenters. The Morgan fingerprint density at radius 1 is 1.28 bits per heavy atom. The van der Waals surface area contributed by atoms with E-state index in [0.29, 0.717) is 23.9 Å². The van der Waals surface area contributed by atoms with Crippen LogP contribution in [0.4, 0.5) is 0 Å². The number of methoxy groups -OCH3 is 1. The fourth-order valence-corrected chi connectivity index (χ4v) is 3.76. The van der Waals surface area contributed by atoms with Gasteiger partial charge in [0.05, 0.1) is 13.7 Å². The van der Waals surface area contributed by atoms with Crippen LogP contribution < -0.4 is 4.74 Å². The van der Waals surface area contributed by atoms with Crippen LogP contribution in [0.2, 0.25) is 0 Å². The van der Waals surface area contributed by atoms with Crippen LogP contribution in [0.5, 0.6) is 5.88 Å². The number of carbonyl (C=O) groups excluding carboxylic acids is 2. The van der Waals surface area contributed by atoms with Crippen molar-refractivity contribution in [3.05, 3.63) is 23.9 Å². The van der Waals surface area contributed by atoms with Gasteiger partial charge in [0, 0.05) is 46.0 Å². The van der Waals surface area contributed by atoms with E-state index >= 15 is 0 Å². The Hall–Kier alpha value is -2.15. The molecule has 7 heteroatoms. The number of likely N-dealkylation sites (N-methyl/N-ethyl adjacent to an activating group) is 1. The number of ether oxygens (including phenoxy) is 1. The Morgan fingerprint density at radius 2 is 2.08 bits per heavy atom. The lowest BCUT2D eigenvalue weighted by molar-refractivity contribution is -0.129. The first-order valence-corrected chi connectivity index (χ1v) is 8.72. The number of nitrogens with zero attached hydrogens (tertiary/aromatic N) is 4. The molecule has 1 aromatic heterocycles. The summed E-state index contributed by atoms with van der Waals surface area (Å²) in [6.07, 6.45) is 3.70. The lowest BCUT2D eigenvalue weighted by atomic mass is 9.94. The zero-order valence-corrected chi connectivity index (χ0v) is 15.1. The van der Waals surface area contributed by atoms with Gasteiger partial charge < -0.3 is 14.5 Å². The lowest BCUT2D eigenvalue weighted by Gasteiger charge is -2.36. The van der Waals surface area contributed by atoms with Crippen LogP contribution in [0, 0.1) is 5.92 Å². The molecule has 7 nitrogen and oxygen atoms in total. The van der Waals surface area contributed by atoms with E-state index in [-0.39, 0.29) is 17.9 Å². The van der Waals surface area contributed by atoms with Crippen molar-refractivity contribution < 1.29 is 14.3 Å². The van der Waals surface area contributed by atoms with E-state index in [0.717, 1.165) is 32.5 Å². The molecule has 3 aliphatic rings. The second-order valence-corrected chi connectivity index (χ2v) is 7.10. The maximum absolute atomic E-state index is 13.1. The highest BCUT2D eigenvalue weighted by Crippen LogP contribution is 2.30. The molecule has 0 saturated carbocycles. The number of carbonyl (C=O) groups is 2. The molecule has 3 saturated heterocycles. The van der Waals surface area contributed by atoms with Crippen molar-refractivity contribution in [3.8, 4) is 5.88 Å². The van der Waals surface area contributed by atoms with Crippen molar-refractivity contribution in [3.63, 3.8) is 0 Å². The Kier molecular flexibility index (Phi) is 5.22. The molecule has 0 unspecified atom stereocenters. The van der Waals surface area contributed by atoms with Crippen LogP contribution in [0.1, 0.15) is 23.2 Å². The van der Waals surface area contributed by atoms with E-state index in [1.54, 1.807) is 37.3 Å². The number of rotatable bonds is 4. The molecule has 3 aliphatic heterocycles. The zero-order chi connectivity index (χ0) is 18.0.